The monoisotopic (exact) mass is 342 g/mol. The van der Waals surface area contributed by atoms with Crippen molar-refractivity contribution in [1.82, 2.24) is 9.21 Å². The number of likely N-dealkylation sites (N-methyl/N-ethyl adjacent to an activating group) is 1. The highest BCUT2D eigenvalue weighted by molar-refractivity contribution is 7.89. The molecule has 22 heavy (non-hydrogen) atoms. The second-order valence-corrected chi connectivity index (χ2v) is 7.98. The Morgan fingerprint density at radius 1 is 1.64 bits per heavy atom. The summed E-state index contributed by atoms with van der Waals surface area (Å²) in [5, 5.41) is 1.81. The fraction of sp³-hybridized carbons (Fsp3) is 0.500. The van der Waals surface area contributed by atoms with E-state index in [2.05, 4.69) is 5.92 Å². The van der Waals surface area contributed by atoms with Crippen LogP contribution in [0.3, 0.4) is 0 Å². The average Bonchev–Trinajstić information content (AvgIpc) is 3.08. The first-order valence-corrected chi connectivity index (χ1v) is 9.25. The first-order chi connectivity index (χ1) is 10.4. The van der Waals surface area contributed by atoms with E-state index in [1.54, 1.807) is 12.1 Å². The molecule has 0 aromatic carbocycles. The quantitative estimate of drug-likeness (QED) is 0.556. The maximum atomic E-state index is 11.9. The molecule has 1 fully saturated rings. The molecule has 8 heteroatoms. The van der Waals surface area contributed by atoms with Crippen LogP contribution in [-0.2, 0) is 14.8 Å². The zero-order valence-electron chi connectivity index (χ0n) is 12.3. The summed E-state index contributed by atoms with van der Waals surface area (Å²) in [5.74, 6) is 2.05. The summed E-state index contributed by atoms with van der Waals surface area (Å²) in [5.41, 5.74) is 0. The Bertz CT molecular complexity index is 649. The number of carbonyl (C=O) groups excluding carboxylic acids is 1. The number of thiophene rings is 1. The largest absolute Gasteiger partial charge is 0.460 e. The Morgan fingerprint density at radius 2 is 2.41 bits per heavy atom. The number of nitrogens with zero attached hydrogens (tertiary/aromatic N) is 2. The molecule has 0 radical (unpaired) electrons. The van der Waals surface area contributed by atoms with Gasteiger partial charge in [0.05, 0.1) is 12.3 Å². The van der Waals surface area contributed by atoms with Gasteiger partial charge in [0.25, 0.3) is 0 Å². The molecule has 120 valence electrons. The van der Waals surface area contributed by atoms with Crippen molar-refractivity contribution >= 4 is 27.3 Å². The van der Waals surface area contributed by atoms with E-state index in [0.717, 1.165) is 0 Å². The van der Waals surface area contributed by atoms with E-state index in [0.29, 0.717) is 18.0 Å². The minimum Gasteiger partial charge on any atom is -0.460 e. The third-order valence-electron chi connectivity index (χ3n) is 3.50. The van der Waals surface area contributed by atoms with Crippen LogP contribution in [0.5, 0.6) is 0 Å². The lowest BCUT2D eigenvalue weighted by atomic mass is 10.3. The lowest BCUT2D eigenvalue weighted by Gasteiger charge is -2.22. The molecule has 1 aliphatic rings. The maximum Gasteiger partial charge on any atom is 0.348 e. The molecule has 1 atom stereocenters. The number of hydrogen-bond acceptors (Lipinski definition) is 6. The summed E-state index contributed by atoms with van der Waals surface area (Å²) in [6.07, 6.45) is 5.18. The van der Waals surface area contributed by atoms with Gasteiger partial charge in [0, 0.05) is 19.1 Å². The van der Waals surface area contributed by atoms with Crippen molar-refractivity contribution in [3.05, 3.63) is 22.4 Å². The first-order valence-electron chi connectivity index (χ1n) is 6.76. The Morgan fingerprint density at radius 3 is 3.05 bits per heavy atom. The van der Waals surface area contributed by atoms with E-state index < -0.39 is 10.0 Å². The molecule has 1 aromatic heterocycles. The molecule has 6 nitrogen and oxygen atoms in total. The topological polar surface area (TPSA) is 66.9 Å². The Balaban J connectivity index is 1.80. The summed E-state index contributed by atoms with van der Waals surface area (Å²) in [4.78, 5) is 14.1. The smallest absolute Gasteiger partial charge is 0.348 e. The highest BCUT2D eigenvalue weighted by Gasteiger charge is 2.37. The minimum absolute atomic E-state index is 0.0457. The zero-order valence-corrected chi connectivity index (χ0v) is 13.9. The van der Waals surface area contributed by atoms with Gasteiger partial charge in [-0.05, 0) is 18.5 Å². The molecule has 0 amide bonds. The summed E-state index contributed by atoms with van der Waals surface area (Å²) in [7, 11) is -1.46. The highest BCUT2D eigenvalue weighted by Crippen LogP contribution is 2.17. The maximum absolute atomic E-state index is 11.9. The summed E-state index contributed by atoms with van der Waals surface area (Å²) >= 11 is 1.33. The van der Waals surface area contributed by atoms with Crippen molar-refractivity contribution in [3.8, 4) is 12.3 Å². The number of hydrogen-bond donors (Lipinski definition) is 0. The van der Waals surface area contributed by atoms with Gasteiger partial charge in [0.1, 0.15) is 11.5 Å². The predicted molar refractivity (Wildman–Crippen MR) is 85.2 cm³/mol. The molecule has 2 heterocycles. The number of sulfonamides is 1. The van der Waals surface area contributed by atoms with Gasteiger partial charge in [-0.3, -0.25) is 4.90 Å². The fourth-order valence-corrected chi connectivity index (χ4v) is 4.56. The van der Waals surface area contributed by atoms with Gasteiger partial charge in [0.15, 0.2) is 0 Å². The van der Waals surface area contributed by atoms with Crippen molar-refractivity contribution in [2.24, 2.45) is 0 Å². The predicted octanol–water partition coefficient (Wildman–Crippen LogP) is 0.484. The molecular weight excluding hydrogens is 324 g/mol. The highest BCUT2D eigenvalue weighted by atomic mass is 32.2. The van der Waals surface area contributed by atoms with Crippen LogP contribution in [0.1, 0.15) is 9.67 Å². The van der Waals surface area contributed by atoms with Gasteiger partial charge in [-0.2, -0.15) is 4.31 Å². The van der Waals surface area contributed by atoms with E-state index in [1.807, 2.05) is 17.3 Å². The molecule has 0 saturated carbocycles. The van der Waals surface area contributed by atoms with E-state index >= 15 is 0 Å². The molecule has 1 aromatic rings. The number of ether oxygens (including phenoxy) is 1. The molecular formula is C14H18N2O4S2. The summed E-state index contributed by atoms with van der Waals surface area (Å²) < 4.78 is 30.3. The van der Waals surface area contributed by atoms with E-state index in [1.165, 1.54) is 15.6 Å². The van der Waals surface area contributed by atoms with Gasteiger partial charge in [-0.1, -0.05) is 12.0 Å². The second kappa shape index (κ2) is 7.24. The molecule has 1 saturated heterocycles. The average molecular weight is 342 g/mol. The first kappa shape index (κ1) is 17.0. The number of esters is 1. The normalized spacial score (nSPS) is 20.9. The summed E-state index contributed by atoms with van der Waals surface area (Å²) in [6, 6.07) is 3.35. The van der Waals surface area contributed by atoms with Crippen LogP contribution in [0.2, 0.25) is 0 Å². The Kier molecular flexibility index (Phi) is 5.58. The standard InChI is InChI=1S/C14H18N2O4S2/c1-3-6-16-10-12(11-22(16,18)19)15(2)7-8-20-14(17)13-5-4-9-21-13/h1,4-5,9,12H,6-8,10-11H2,2H3. The summed E-state index contributed by atoms with van der Waals surface area (Å²) in [6.45, 7) is 1.17. The van der Waals surface area contributed by atoms with E-state index in [-0.39, 0.29) is 30.9 Å². The van der Waals surface area contributed by atoms with Gasteiger partial charge in [0.2, 0.25) is 10.0 Å². The van der Waals surface area contributed by atoms with Gasteiger partial charge < -0.3 is 4.74 Å². The van der Waals surface area contributed by atoms with Crippen molar-refractivity contribution in [2.75, 3.05) is 39.0 Å². The van der Waals surface area contributed by atoms with E-state index in [4.69, 9.17) is 11.2 Å². The molecule has 2 rings (SSSR count). The van der Waals surface area contributed by atoms with Gasteiger partial charge in [-0.25, -0.2) is 13.2 Å². The zero-order chi connectivity index (χ0) is 16.2. The number of rotatable bonds is 6. The molecule has 1 aliphatic heterocycles. The molecule has 0 bridgehead atoms. The molecule has 0 spiro atoms. The van der Waals surface area contributed by atoms with Gasteiger partial charge >= 0.3 is 5.97 Å². The SMILES string of the molecule is C#CCN1CC(N(C)CCOC(=O)c2cccs2)CS1(=O)=O. The van der Waals surface area contributed by atoms with Crippen LogP contribution >= 0.6 is 11.3 Å². The van der Waals surface area contributed by atoms with Crippen LogP contribution in [0.25, 0.3) is 0 Å². The minimum atomic E-state index is -3.28. The third-order valence-corrected chi connectivity index (χ3v) is 6.22. The van der Waals surface area contributed by atoms with Crippen LogP contribution in [0.4, 0.5) is 0 Å². The van der Waals surface area contributed by atoms with Crippen molar-refractivity contribution in [3.63, 3.8) is 0 Å². The molecule has 0 aliphatic carbocycles. The fourth-order valence-electron chi connectivity index (χ4n) is 2.21. The van der Waals surface area contributed by atoms with E-state index in [9.17, 15) is 13.2 Å². The van der Waals surface area contributed by atoms with Gasteiger partial charge in [-0.15, -0.1) is 17.8 Å². The van der Waals surface area contributed by atoms with Crippen LogP contribution in [0.15, 0.2) is 17.5 Å². The third kappa shape index (κ3) is 4.08. The molecule has 0 N–H and O–H groups in total. The van der Waals surface area contributed by atoms with Crippen molar-refractivity contribution in [1.29, 1.82) is 0 Å². The number of terminal acetylenes is 1. The van der Waals surface area contributed by atoms with Crippen LogP contribution in [0, 0.1) is 12.3 Å². The lowest BCUT2D eigenvalue weighted by molar-refractivity contribution is 0.0464. The molecule has 1 unspecified atom stereocenters. The lowest BCUT2D eigenvalue weighted by Crippen LogP contribution is -2.38. The second-order valence-electron chi connectivity index (χ2n) is 5.02. The Labute approximate surface area is 134 Å². The van der Waals surface area contributed by atoms with Crippen LogP contribution < -0.4 is 0 Å². The van der Waals surface area contributed by atoms with Crippen molar-refractivity contribution < 1.29 is 17.9 Å². The van der Waals surface area contributed by atoms with Crippen LogP contribution in [-0.4, -0.2) is 68.7 Å². The Hall–Kier alpha value is -1.40. The van der Waals surface area contributed by atoms with Crippen molar-refractivity contribution in [2.45, 2.75) is 6.04 Å². The number of carbonyl (C=O) groups is 1.